The SMILES string of the molecule is C[C@@H](/C=N\NC(=O)C(N)=O)c1ccccc1. The van der Waals surface area contributed by atoms with Crippen LogP contribution < -0.4 is 11.2 Å². The molecule has 0 aliphatic carbocycles. The normalized spacial score (nSPS) is 12.3. The van der Waals surface area contributed by atoms with Gasteiger partial charge in [0.05, 0.1) is 0 Å². The van der Waals surface area contributed by atoms with E-state index in [2.05, 4.69) is 5.10 Å². The number of nitrogens with zero attached hydrogens (tertiary/aromatic N) is 1. The number of amides is 2. The summed E-state index contributed by atoms with van der Waals surface area (Å²) in [5.41, 5.74) is 7.85. The standard InChI is InChI=1S/C11H13N3O2/c1-8(9-5-3-2-4-6-9)7-13-14-11(16)10(12)15/h2-8H,1H3,(H2,12,15)(H,14,16)/b13-7-/t8-/m0/s1. The molecule has 1 rings (SSSR count). The molecule has 0 bridgehead atoms. The fourth-order valence-electron chi connectivity index (χ4n) is 1.11. The van der Waals surface area contributed by atoms with Gasteiger partial charge in [0.15, 0.2) is 0 Å². The number of carbonyl (C=O) groups is 2. The Bertz CT molecular complexity index is 401. The van der Waals surface area contributed by atoms with Gasteiger partial charge in [-0.3, -0.25) is 9.59 Å². The first-order chi connectivity index (χ1) is 7.61. The maximum atomic E-state index is 10.8. The van der Waals surface area contributed by atoms with Crippen molar-refractivity contribution in [2.75, 3.05) is 0 Å². The number of nitrogens with one attached hydrogen (secondary N) is 1. The van der Waals surface area contributed by atoms with E-state index in [-0.39, 0.29) is 5.92 Å². The highest BCUT2D eigenvalue weighted by molar-refractivity contribution is 6.34. The third-order valence-corrected chi connectivity index (χ3v) is 2.01. The summed E-state index contributed by atoms with van der Waals surface area (Å²) in [4.78, 5) is 21.1. The van der Waals surface area contributed by atoms with Crippen molar-refractivity contribution in [1.82, 2.24) is 5.43 Å². The van der Waals surface area contributed by atoms with Crippen molar-refractivity contribution < 1.29 is 9.59 Å². The van der Waals surface area contributed by atoms with Crippen molar-refractivity contribution in [3.05, 3.63) is 35.9 Å². The van der Waals surface area contributed by atoms with Gasteiger partial charge >= 0.3 is 11.8 Å². The highest BCUT2D eigenvalue weighted by Gasteiger charge is 2.06. The lowest BCUT2D eigenvalue weighted by molar-refractivity contribution is -0.137. The summed E-state index contributed by atoms with van der Waals surface area (Å²) >= 11 is 0. The van der Waals surface area contributed by atoms with Gasteiger partial charge in [0.2, 0.25) is 0 Å². The molecule has 84 valence electrons. The molecule has 0 fully saturated rings. The molecule has 0 radical (unpaired) electrons. The van der Waals surface area contributed by atoms with Gasteiger partial charge in [0.1, 0.15) is 0 Å². The maximum absolute atomic E-state index is 10.8. The van der Waals surface area contributed by atoms with Gasteiger partial charge < -0.3 is 5.73 Å². The number of primary amides is 1. The number of hydrazone groups is 1. The molecule has 0 aromatic heterocycles. The molecule has 0 unspecified atom stereocenters. The minimum atomic E-state index is -1.05. The van der Waals surface area contributed by atoms with Crippen LogP contribution in [-0.2, 0) is 9.59 Å². The molecule has 0 saturated carbocycles. The van der Waals surface area contributed by atoms with E-state index in [0.717, 1.165) is 5.56 Å². The molecule has 3 N–H and O–H groups in total. The van der Waals surface area contributed by atoms with Crippen LogP contribution in [0.2, 0.25) is 0 Å². The Morgan fingerprint density at radius 2 is 2.00 bits per heavy atom. The number of benzene rings is 1. The second-order valence-electron chi connectivity index (χ2n) is 3.28. The van der Waals surface area contributed by atoms with E-state index in [1.165, 1.54) is 6.21 Å². The van der Waals surface area contributed by atoms with Crippen molar-refractivity contribution in [3.8, 4) is 0 Å². The van der Waals surface area contributed by atoms with Crippen LogP contribution in [0.15, 0.2) is 35.4 Å². The fourth-order valence-corrected chi connectivity index (χ4v) is 1.11. The number of hydrogen-bond donors (Lipinski definition) is 2. The van der Waals surface area contributed by atoms with Gasteiger partial charge in [0, 0.05) is 12.1 Å². The summed E-state index contributed by atoms with van der Waals surface area (Å²) in [5.74, 6) is -1.92. The van der Waals surface area contributed by atoms with Crippen LogP contribution in [0.4, 0.5) is 0 Å². The second-order valence-corrected chi connectivity index (χ2v) is 3.28. The smallest absolute Gasteiger partial charge is 0.329 e. The van der Waals surface area contributed by atoms with Gasteiger partial charge in [-0.25, -0.2) is 5.43 Å². The topological polar surface area (TPSA) is 84.6 Å². The van der Waals surface area contributed by atoms with Gasteiger partial charge in [0.25, 0.3) is 0 Å². The van der Waals surface area contributed by atoms with Crippen molar-refractivity contribution in [2.45, 2.75) is 12.8 Å². The van der Waals surface area contributed by atoms with Crippen LogP contribution in [0.25, 0.3) is 0 Å². The monoisotopic (exact) mass is 219 g/mol. The second kappa shape index (κ2) is 5.65. The number of rotatable bonds is 3. The molecule has 16 heavy (non-hydrogen) atoms. The predicted octanol–water partition coefficient (Wildman–Crippen LogP) is 0.377. The predicted molar refractivity (Wildman–Crippen MR) is 60.7 cm³/mol. The van der Waals surface area contributed by atoms with Crippen molar-refractivity contribution >= 4 is 18.0 Å². The molecule has 0 heterocycles. The van der Waals surface area contributed by atoms with E-state index in [1.54, 1.807) is 0 Å². The quantitative estimate of drug-likeness (QED) is 0.437. The first-order valence-electron chi connectivity index (χ1n) is 4.79. The third kappa shape index (κ3) is 3.53. The summed E-state index contributed by atoms with van der Waals surface area (Å²) in [7, 11) is 0. The summed E-state index contributed by atoms with van der Waals surface area (Å²) in [6, 6.07) is 9.66. The maximum Gasteiger partial charge on any atom is 0.329 e. The first-order valence-corrected chi connectivity index (χ1v) is 4.79. The number of carbonyl (C=O) groups excluding carboxylic acids is 2. The average molecular weight is 219 g/mol. The molecule has 1 atom stereocenters. The fraction of sp³-hybridized carbons (Fsp3) is 0.182. The zero-order valence-electron chi connectivity index (χ0n) is 8.88. The highest BCUT2D eigenvalue weighted by atomic mass is 16.2. The highest BCUT2D eigenvalue weighted by Crippen LogP contribution is 2.11. The zero-order valence-corrected chi connectivity index (χ0v) is 8.88. The Morgan fingerprint density at radius 3 is 2.56 bits per heavy atom. The summed E-state index contributed by atoms with van der Waals surface area (Å²) in [6.07, 6.45) is 1.54. The largest absolute Gasteiger partial charge is 0.361 e. The number of hydrogen-bond acceptors (Lipinski definition) is 3. The van der Waals surface area contributed by atoms with E-state index in [1.807, 2.05) is 42.7 Å². The van der Waals surface area contributed by atoms with Crippen LogP contribution >= 0.6 is 0 Å². The lowest BCUT2D eigenvalue weighted by atomic mass is 10.0. The van der Waals surface area contributed by atoms with Crippen molar-refractivity contribution in [2.24, 2.45) is 10.8 Å². The van der Waals surface area contributed by atoms with E-state index in [9.17, 15) is 9.59 Å². The van der Waals surface area contributed by atoms with Crippen molar-refractivity contribution in [3.63, 3.8) is 0 Å². The van der Waals surface area contributed by atoms with Gasteiger partial charge in [-0.1, -0.05) is 37.3 Å². The van der Waals surface area contributed by atoms with E-state index < -0.39 is 11.8 Å². The van der Waals surface area contributed by atoms with Crippen LogP contribution in [0.3, 0.4) is 0 Å². The Balaban J connectivity index is 2.52. The van der Waals surface area contributed by atoms with Crippen LogP contribution in [-0.4, -0.2) is 18.0 Å². The molecular formula is C11H13N3O2. The Kier molecular flexibility index (Phi) is 4.20. The molecule has 0 spiro atoms. The first kappa shape index (κ1) is 11.9. The van der Waals surface area contributed by atoms with Crippen LogP contribution in [0.5, 0.6) is 0 Å². The molecule has 2 amide bonds. The van der Waals surface area contributed by atoms with Gasteiger partial charge in [-0.2, -0.15) is 5.10 Å². The Labute approximate surface area is 93.3 Å². The molecule has 1 aromatic rings. The molecule has 5 nitrogen and oxygen atoms in total. The number of nitrogens with two attached hydrogens (primary N) is 1. The van der Waals surface area contributed by atoms with Gasteiger partial charge in [-0.05, 0) is 5.56 Å². The summed E-state index contributed by atoms with van der Waals surface area (Å²) in [5, 5.41) is 3.64. The van der Waals surface area contributed by atoms with Gasteiger partial charge in [-0.15, -0.1) is 0 Å². The van der Waals surface area contributed by atoms with Crippen LogP contribution in [0.1, 0.15) is 18.4 Å². The lowest BCUT2D eigenvalue weighted by Crippen LogP contribution is -2.33. The zero-order chi connectivity index (χ0) is 12.0. The van der Waals surface area contributed by atoms with Crippen LogP contribution in [0, 0.1) is 0 Å². The third-order valence-electron chi connectivity index (χ3n) is 2.01. The molecular weight excluding hydrogens is 206 g/mol. The Hall–Kier alpha value is -2.17. The Morgan fingerprint density at radius 1 is 1.38 bits per heavy atom. The van der Waals surface area contributed by atoms with E-state index in [0.29, 0.717) is 0 Å². The van der Waals surface area contributed by atoms with E-state index >= 15 is 0 Å². The molecule has 0 saturated heterocycles. The summed E-state index contributed by atoms with van der Waals surface area (Å²) in [6.45, 7) is 1.93. The van der Waals surface area contributed by atoms with E-state index in [4.69, 9.17) is 5.73 Å². The molecule has 0 aliphatic rings. The molecule has 0 aliphatic heterocycles. The summed E-state index contributed by atoms with van der Waals surface area (Å²) < 4.78 is 0. The molecule has 5 heteroatoms. The minimum Gasteiger partial charge on any atom is -0.361 e. The van der Waals surface area contributed by atoms with Crippen molar-refractivity contribution in [1.29, 1.82) is 0 Å². The minimum absolute atomic E-state index is 0.0503. The average Bonchev–Trinajstić information content (AvgIpc) is 2.29. The molecule has 1 aromatic carbocycles. The lowest BCUT2D eigenvalue weighted by Gasteiger charge is -2.04.